The van der Waals surface area contributed by atoms with Gasteiger partial charge in [0.25, 0.3) is 5.91 Å². The zero-order valence-corrected chi connectivity index (χ0v) is 12.5. The van der Waals surface area contributed by atoms with Crippen LogP contribution in [0.3, 0.4) is 0 Å². The van der Waals surface area contributed by atoms with Gasteiger partial charge >= 0.3 is 0 Å². The molecule has 1 unspecified atom stereocenters. The number of amides is 1. The molecule has 0 saturated heterocycles. The Bertz CT molecular complexity index is 775. The van der Waals surface area contributed by atoms with Gasteiger partial charge in [-0.3, -0.25) is 4.79 Å². The van der Waals surface area contributed by atoms with Gasteiger partial charge in [-0.2, -0.15) is 0 Å². The number of aliphatic hydroxyl groups is 1. The van der Waals surface area contributed by atoms with E-state index in [0.29, 0.717) is 11.5 Å². The topological polar surface area (TPSA) is 88.5 Å². The van der Waals surface area contributed by atoms with Crippen molar-refractivity contribution in [3.63, 3.8) is 0 Å². The molecule has 0 radical (unpaired) electrons. The number of aliphatic hydroxyl groups excluding tert-OH is 1. The van der Waals surface area contributed by atoms with Crippen molar-refractivity contribution in [2.75, 3.05) is 6.54 Å². The molecule has 2 N–H and O–H groups in total. The number of oxazole rings is 1. The molecule has 0 aliphatic rings. The molecule has 3 aromatic rings. The first-order chi connectivity index (χ1) is 11.1. The third-order valence-electron chi connectivity index (χ3n) is 3.42. The molecule has 0 saturated carbocycles. The quantitative estimate of drug-likeness (QED) is 0.756. The summed E-state index contributed by atoms with van der Waals surface area (Å²) in [5, 5.41) is 12.5. The lowest BCUT2D eigenvalue weighted by Gasteiger charge is -2.09. The number of carbonyl (C=O) groups is 1. The molecule has 0 aliphatic carbocycles. The molecule has 118 valence electrons. The first kappa shape index (κ1) is 15.1. The molecule has 0 aliphatic heterocycles. The number of aromatic nitrogens is 1. The summed E-state index contributed by atoms with van der Waals surface area (Å²) in [4.78, 5) is 16.2. The Hall–Kier alpha value is -2.86. The summed E-state index contributed by atoms with van der Waals surface area (Å²) in [5.74, 6) is 0.374. The fraction of sp³-hybridized carbons (Fsp3) is 0.176. The summed E-state index contributed by atoms with van der Waals surface area (Å²) in [6.45, 7) is 2.00. The van der Waals surface area contributed by atoms with Crippen molar-refractivity contribution in [2.24, 2.45) is 0 Å². The highest BCUT2D eigenvalue weighted by Crippen LogP contribution is 2.23. The fourth-order valence-corrected chi connectivity index (χ4v) is 2.17. The van der Waals surface area contributed by atoms with E-state index in [1.165, 1.54) is 12.7 Å². The van der Waals surface area contributed by atoms with Crippen molar-refractivity contribution in [2.45, 2.75) is 13.0 Å². The number of nitrogens with zero attached hydrogens (tertiary/aromatic N) is 1. The van der Waals surface area contributed by atoms with E-state index < -0.39 is 12.0 Å². The molecule has 23 heavy (non-hydrogen) atoms. The lowest BCUT2D eigenvalue weighted by atomic mass is 10.1. The second-order valence-electron chi connectivity index (χ2n) is 5.14. The van der Waals surface area contributed by atoms with Gasteiger partial charge in [0.2, 0.25) is 0 Å². The summed E-state index contributed by atoms with van der Waals surface area (Å²) >= 11 is 0. The maximum absolute atomic E-state index is 12.3. The zero-order chi connectivity index (χ0) is 16.2. The van der Waals surface area contributed by atoms with E-state index in [9.17, 15) is 9.90 Å². The molecule has 2 aromatic heterocycles. The van der Waals surface area contributed by atoms with Crippen LogP contribution in [0.1, 0.15) is 27.9 Å². The highest BCUT2D eigenvalue weighted by atomic mass is 16.4. The van der Waals surface area contributed by atoms with Crippen LogP contribution in [0.2, 0.25) is 0 Å². The van der Waals surface area contributed by atoms with E-state index in [-0.39, 0.29) is 12.2 Å². The van der Waals surface area contributed by atoms with Crippen LogP contribution in [0.15, 0.2) is 57.9 Å². The second kappa shape index (κ2) is 6.50. The lowest BCUT2D eigenvalue weighted by Crippen LogP contribution is -2.28. The van der Waals surface area contributed by atoms with Crippen LogP contribution < -0.4 is 5.32 Å². The van der Waals surface area contributed by atoms with Crippen LogP contribution in [-0.4, -0.2) is 22.5 Å². The number of carbonyl (C=O) groups excluding carboxylic acids is 1. The SMILES string of the molecule is Cc1ccc(-c2ocnc2C(=O)NCC(O)c2ccco2)cc1. The van der Waals surface area contributed by atoms with Crippen molar-refractivity contribution < 1.29 is 18.7 Å². The Morgan fingerprint density at radius 2 is 2.04 bits per heavy atom. The largest absolute Gasteiger partial charge is 0.467 e. The lowest BCUT2D eigenvalue weighted by molar-refractivity contribution is 0.0897. The summed E-state index contributed by atoms with van der Waals surface area (Å²) in [6, 6.07) is 10.9. The molecule has 0 fully saturated rings. The van der Waals surface area contributed by atoms with Gasteiger partial charge < -0.3 is 19.3 Å². The maximum atomic E-state index is 12.3. The molecule has 0 spiro atoms. The standard InChI is InChI=1S/C17H16N2O4/c1-11-4-6-12(7-5-11)16-15(19-10-23-16)17(21)18-9-13(20)14-3-2-8-22-14/h2-8,10,13,20H,9H2,1H3,(H,18,21). The normalized spacial score (nSPS) is 12.1. The highest BCUT2D eigenvalue weighted by molar-refractivity contribution is 5.97. The molecule has 1 atom stereocenters. The van der Waals surface area contributed by atoms with Gasteiger partial charge in [0.15, 0.2) is 17.8 Å². The van der Waals surface area contributed by atoms with E-state index in [2.05, 4.69) is 10.3 Å². The number of aryl methyl sites for hydroxylation is 1. The van der Waals surface area contributed by atoms with Crippen molar-refractivity contribution >= 4 is 5.91 Å². The molecular formula is C17H16N2O4. The third-order valence-corrected chi connectivity index (χ3v) is 3.42. The van der Waals surface area contributed by atoms with Crippen LogP contribution in [0.25, 0.3) is 11.3 Å². The van der Waals surface area contributed by atoms with Gasteiger partial charge in [0, 0.05) is 5.56 Å². The predicted molar refractivity (Wildman–Crippen MR) is 82.7 cm³/mol. The van der Waals surface area contributed by atoms with Crippen LogP contribution in [0, 0.1) is 6.92 Å². The van der Waals surface area contributed by atoms with Gasteiger partial charge in [0.1, 0.15) is 11.9 Å². The summed E-state index contributed by atoms with van der Waals surface area (Å²) in [7, 11) is 0. The molecule has 1 amide bonds. The molecule has 0 bridgehead atoms. The van der Waals surface area contributed by atoms with Crippen LogP contribution in [0.5, 0.6) is 0 Å². The van der Waals surface area contributed by atoms with Crippen molar-refractivity contribution in [3.8, 4) is 11.3 Å². The second-order valence-corrected chi connectivity index (χ2v) is 5.14. The van der Waals surface area contributed by atoms with Crippen molar-refractivity contribution in [3.05, 3.63) is 66.1 Å². The molecular weight excluding hydrogens is 296 g/mol. The van der Waals surface area contributed by atoms with Crippen LogP contribution in [-0.2, 0) is 0 Å². The van der Waals surface area contributed by atoms with Crippen LogP contribution >= 0.6 is 0 Å². The first-order valence-corrected chi connectivity index (χ1v) is 7.15. The Balaban J connectivity index is 1.71. The number of nitrogens with one attached hydrogen (secondary N) is 1. The molecule has 1 aromatic carbocycles. The highest BCUT2D eigenvalue weighted by Gasteiger charge is 2.19. The van der Waals surface area contributed by atoms with E-state index in [0.717, 1.165) is 11.1 Å². The number of hydrogen-bond acceptors (Lipinski definition) is 5. The fourth-order valence-electron chi connectivity index (χ4n) is 2.17. The Kier molecular flexibility index (Phi) is 4.25. The predicted octanol–water partition coefficient (Wildman–Crippen LogP) is 2.71. The molecule has 6 nitrogen and oxygen atoms in total. The van der Waals surface area contributed by atoms with Gasteiger partial charge in [-0.1, -0.05) is 29.8 Å². The van der Waals surface area contributed by atoms with Gasteiger partial charge in [0.05, 0.1) is 12.8 Å². The van der Waals surface area contributed by atoms with Crippen LogP contribution in [0.4, 0.5) is 0 Å². The average Bonchev–Trinajstić information content (AvgIpc) is 3.24. The van der Waals surface area contributed by atoms with E-state index in [1.54, 1.807) is 12.1 Å². The minimum atomic E-state index is -0.913. The van der Waals surface area contributed by atoms with Gasteiger partial charge in [-0.05, 0) is 19.1 Å². The summed E-state index contributed by atoms with van der Waals surface area (Å²) in [6.07, 6.45) is 1.78. The maximum Gasteiger partial charge on any atom is 0.274 e. The number of hydrogen-bond donors (Lipinski definition) is 2. The number of benzene rings is 1. The smallest absolute Gasteiger partial charge is 0.274 e. The van der Waals surface area contributed by atoms with E-state index in [1.807, 2.05) is 31.2 Å². The Labute approximate surface area is 132 Å². The average molecular weight is 312 g/mol. The van der Waals surface area contributed by atoms with Crippen molar-refractivity contribution in [1.29, 1.82) is 0 Å². The van der Waals surface area contributed by atoms with Crippen molar-refractivity contribution in [1.82, 2.24) is 10.3 Å². The Morgan fingerprint density at radius 1 is 1.26 bits per heavy atom. The molecule has 6 heteroatoms. The minimum Gasteiger partial charge on any atom is -0.467 e. The van der Waals surface area contributed by atoms with E-state index in [4.69, 9.17) is 8.83 Å². The number of furan rings is 1. The van der Waals surface area contributed by atoms with Gasteiger partial charge in [-0.15, -0.1) is 0 Å². The Morgan fingerprint density at radius 3 is 2.74 bits per heavy atom. The first-order valence-electron chi connectivity index (χ1n) is 7.15. The monoisotopic (exact) mass is 312 g/mol. The number of rotatable bonds is 5. The van der Waals surface area contributed by atoms with Gasteiger partial charge in [-0.25, -0.2) is 4.98 Å². The van der Waals surface area contributed by atoms with E-state index >= 15 is 0 Å². The third kappa shape index (κ3) is 3.32. The zero-order valence-electron chi connectivity index (χ0n) is 12.5. The minimum absolute atomic E-state index is 0.0204. The molecule has 2 heterocycles. The summed E-state index contributed by atoms with van der Waals surface area (Å²) < 4.78 is 10.4. The molecule has 3 rings (SSSR count). The summed E-state index contributed by atoms with van der Waals surface area (Å²) in [5.41, 5.74) is 2.06.